The molecule has 2 rings (SSSR count). The third-order valence-electron chi connectivity index (χ3n) is 3.72. The van der Waals surface area contributed by atoms with Gasteiger partial charge in [0.25, 0.3) is 0 Å². The quantitative estimate of drug-likeness (QED) is 0.585. The lowest BCUT2D eigenvalue weighted by atomic mass is 9.96. The second-order valence-electron chi connectivity index (χ2n) is 5.46. The summed E-state index contributed by atoms with van der Waals surface area (Å²) in [5, 5.41) is 26.3. The SMILES string of the molecule is C=CCc1cc[nH]c1C(=O)O.CCc1c(C)cc(C(=O)O)cc1C(=O)O. The molecule has 0 saturated heterocycles. The van der Waals surface area contributed by atoms with Crippen molar-refractivity contribution in [1.29, 1.82) is 0 Å². The average molecular weight is 359 g/mol. The molecule has 26 heavy (non-hydrogen) atoms. The van der Waals surface area contributed by atoms with E-state index in [1.54, 1.807) is 25.3 Å². The van der Waals surface area contributed by atoms with Crippen LogP contribution < -0.4 is 0 Å². The standard InChI is InChI=1S/C11H12O4.C8H9NO2/c1-3-8-6(2)4-7(10(12)13)5-9(8)11(14)15;1-2-3-6-4-5-9-7(6)8(10)11/h4-5H,3H2,1-2H3,(H,12,13)(H,14,15);2,4-5,9H,1,3H2,(H,10,11). The highest BCUT2D eigenvalue weighted by Crippen LogP contribution is 2.18. The maximum atomic E-state index is 10.9. The number of hydrogen-bond acceptors (Lipinski definition) is 3. The predicted molar refractivity (Wildman–Crippen MR) is 96.1 cm³/mol. The van der Waals surface area contributed by atoms with Crippen LogP contribution in [0, 0.1) is 6.92 Å². The Balaban J connectivity index is 0.000000273. The zero-order valence-corrected chi connectivity index (χ0v) is 14.6. The summed E-state index contributed by atoms with van der Waals surface area (Å²) >= 11 is 0. The molecule has 138 valence electrons. The minimum atomic E-state index is -1.11. The minimum Gasteiger partial charge on any atom is -0.478 e. The van der Waals surface area contributed by atoms with Crippen molar-refractivity contribution in [2.24, 2.45) is 0 Å². The third-order valence-corrected chi connectivity index (χ3v) is 3.72. The molecular weight excluding hydrogens is 338 g/mol. The normalized spacial score (nSPS) is 9.77. The van der Waals surface area contributed by atoms with E-state index in [4.69, 9.17) is 15.3 Å². The zero-order chi connectivity index (χ0) is 19.9. The van der Waals surface area contributed by atoms with Crippen molar-refractivity contribution in [2.45, 2.75) is 26.7 Å². The van der Waals surface area contributed by atoms with Crippen LogP contribution in [0.4, 0.5) is 0 Å². The van der Waals surface area contributed by atoms with E-state index < -0.39 is 17.9 Å². The average Bonchev–Trinajstić information content (AvgIpc) is 3.03. The molecule has 4 N–H and O–H groups in total. The molecule has 1 heterocycles. The van der Waals surface area contributed by atoms with E-state index in [2.05, 4.69) is 11.6 Å². The van der Waals surface area contributed by atoms with Crippen LogP contribution >= 0.6 is 0 Å². The number of allylic oxidation sites excluding steroid dienone is 1. The summed E-state index contributed by atoms with van der Waals surface area (Å²) in [6.07, 6.45) is 4.45. The van der Waals surface area contributed by atoms with Gasteiger partial charge in [0.2, 0.25) is 0 Å². The molecule has 0 fully saturated rings. The molecule has 2 aromatic rings. The summed E-state index contributed by atoms with van der Waals surface area (Å²) in [5.74, 6) is -3.12. The number of benzene rings is 1. The van der Waals surface area contributed by atoms with Crippen LogP contribution in [-0.4, -0.2) is 38.2 Å². The molecule has 7 heteroatoms. The number of carboxylic acids is 3. The van der Waals surface area contributed by atoms with Crippen molar-refractivity contribution in [1.82, 2.24) is 4.98 Å². The Kier molecular flexibility index (Phi) is 7.34. The summed E-state index contributed by atoms with van der Waals surface area (Å²) in [4.78, 5) is 34.8. The molecule has 0 aliphatic rings. The minimum absolute atomic E-state index is 0.0158. The number of aryl methyl sites for hydroxylation is 1. The van der Waals surface area contributed by atoms with Gasteiger partial charge in [0, 0.05) is 6.20 Å². The molecule has 0 aliphatic carbocycles. The maximum Gasteiger partial charge on any atom is 0.352 e. The first-order chi connectivity index (χ1) is 12.2. The fourth-order valence-corrected chi connectivity index (χ4v) is 2.53. The number of carbonyl (C=O) groups is 3. The van der Waals surface area contributed by atoms with Crippen molar-refractivity contribution in [3.8, 4) is 0 Å². The molecule has 0 saturated carbocycles. The van der Waals surface area contributed by atoms with Crippen LogP contribution in [0.1, 0.15) is 54.8 Å². The fourth-order valence-electron chi connectivity index (χ4n) is 2.53. The Bertz CT molecular complexity index is 835. The number of H-pyrrole nitrogens is 1. The number of aromatic nitrogens is 1. The summed E-state index contributed by atoms with van der Waals surface area (Å²) in [7, 11) is 0. The van der Waals surface area contributed by atoms with Crippen LogP contribution in [0.3, 0.4) is 0 Å². The van der Waals surface area contributed by atoms with Crippen LogP contribution in [-0.2, 0) is 12.8 Å². The lowest BCUT2D eigenvalue weighted by Gasteiger charge is -2.08. The third kappa shape index (κ3) is 5.07. The van der Waals surface area contributed by atoms with Gasteiger partial charge in [0.1, 0.15) is 5.69 Å². The van der Waals surface area contributed by atoms with Crippen LogP contribution in [0.25, 0.3) is 0 Å². The van der Waals surface area contributed by atoms with Gasteiger partial charge in [0.05, 0.1) is 11.1 Å². The zero-order valence-electron chi connectivity index (χ0n) is 14.6. The van der Waals surface area contributed by atoms with Crippen molar-refractivity contribution in [2.75, 3.05) is 0 Å². The number of hydrogen-bond donors (Lipinski definition) is 4. The van der Waals surface area contributed by atoms with Gasteiger partial charge in [-0.2, -0.15) is 0 Å². The van der Waals surface area contributed by atoms with Gasteiger partial charge in [-0.3, -0.25) is 0 Å². The molecule has 7 nitrogen and oxygen atoms in total. The highest BCUT2D eigenvalue weighted by molar-refractivity contribution is 5.95. The summed E-state index contributed by atoms with van der Waals surface area (Å²) < 4.78 is 0. The van der Waals surface area contributed by atoms with E-state index >= 15 is 0 Å². The lowest BCUT2D eigenvalue weighted by Crippen LogP contribution is -2.08. The number of carboxylic acid groups (broad SMARTS) is 3. The van der Waals surface area contributed by atoms with Gasteiger partial charge < -0.3 is 20.3 Å². The molecule has 0 aliphatic heterocycles. The Labute approximate surface area is 150 Å². The molecule has 0 atom stereocenters. The van der Waals surface area contributed by atoms with E-state index in [0.29, 0.717) is 24.0 Å². The number of aromatic carboxylic acids is 3. The Morgan fingerprint density at radius 1 is 1.12 bits per heavy atom. The van der Waals surface area contributed by atoms with Crippen LogP contribution in [0.5, 0.6) is 0 Å². The Morgan fingerprint density at radius 3 is 2.23 bits per heavy atom. The van der Waals surface area contributed by atoms with Crippen molar-refractivity contribution in [3.63, 3.8) is 0 Å². The van der Waals surface area contributed by atoms with Gasteiger partial charge in [-0.15, -0.1) is 6.58 Å². The molecular formula is C19H21NO6. The fraction of sp³-hybridized carbons (Fsp3) is 0.211. The topological polar surface area (TPSA) is 128 Å². The van der Waals surface area contributed by atoms with Gasteiger partial charge in [-0.1, -0.05) is 13.0 Å². The first kappa shape index (κ1) is 20.7. The second kappa shape index (κ2) is 9.22. The maximum absolute atomic E-state index is 10.9. The van der Waals surface area contributed by atoms with E-state index in [1.807, 2.05) is 6.92 Å². The molecule has 0 unspecified atom stereocenters. The van der Waals surface area contributed by atoms with E-state index in [0.717, 1.165) is 5.56 Å². The predicted octanol–water partition coefficient (Wildman–Crippen LogP) is 3.40. The van der Waals surface area contributed by atoms with E-state index in [-0.39, 0.29) is 16.8 Å². The van der Waals surface area contributed by atoms with Crippen LogP contribution in [0.2, 0.25) is 0 Å². The van der Waals surface area contributed by atoms with E-state index in [1.165, 1.54) is 12.1 Å². The first-order valence-electron chi connectivity index (χ1n) is 7.83. The summed E-state index contributed by atoms with van der Waals surface area (Å²) in [6.45, 7) is 7.09. The van der Waals surface area contributed by atoms with Crippen molar-refractivity contribution < 1.29 is 29.7 Å². The smallest absolute Gasteiger partial charge is 0.352 e. The molecule has 0 spiro atoms. The largest absolute Gasteiger partial charge is 0.478 e. The molecule has 0 bridgehead atoms. The number of rotatable bonds is 6. The Hall–Kier alpha value is -3.35. The Morgan fingerprint density at radius 2 is 1.77 bits per heavy atom. The molecule has 1 aromatic carbocycles. The summed E-state index contributed by atoms with van der Waals surface area (Å²) in [5.41, 5.74) is 2.51. The van der Waals surface area contributed by atoms with Crippen molar-refractivity contribution in [3.05, 3.63) is 70.6 Å². The van der Waals surface area contributed by atoms with Crippen molar-refractivity contribution >= 4 is 17.9 Å². The first-order valence-corrected chi connectivity index (χ1v) is 7.83. The summed E-state index contributed by atoms with van der Waals surface area (Å²) in [6, 6.07) is 4.44. The van der Waals surface area contributed by atoms with Gasteiger partial charge in [-0.25, -0.2) is 14.4 Å². The molecule has 1 aromatic heterocycles. The molecule has 0 amide bonds. The van der Waals surface area contributed by atoms with Gasteiger partial charge in [0.15, 0.2) is 0 Å². The van der Waals surface area contributed by atoms with Crippen LogP contribution in [0.15, 0.2) is 37.1 Å². The number of aromatic amines is 1. The van der Waals surface area contributed by atoms with Gasteiger partial charge in [-0.05, 0) is 54.7 Å². The van der Waals surface area contributed by atoms with Gasteiger partial charge >= 0.3 is 17.9 Å². The lowest BCUT2D eigenvalue weighted by molar-refractivity contribution is 0.0678. The van der Waals surface area contributed by atoms with E-state index in [9.17, 15) is 14.4 Å². The molecule has 0 radical (unpaired) electrons. The number of nitrogens with one attached hydrogen (secondary N) is 1. The monoisotopic (exact) mass is 359 g/mol. The highest BCUT2D eigenvalue weighted by atomic mass is 16.4. The second-order valence-corrected chi connectivity index (χ2v) is 5.46. The highest BCUT2D eigenvalue weighted by Gasteiger charge is 2.15.